The number of hydrogen-bond donors (Lipinski definition) is 2. The van der Waals surface area contributed by atoms with Crippen molar-refractivity contribution in [2.75, 3.05) is 18.9 Å². The van der Waals surface area contributed by atoms with E-state index in [0.29, 0.717) is 6.54 Å². The molecule has 2 N–H and O–H groups in total. The summed E-state index contributed by atoms with van der Waals surface area (Å²) in [5.41, 5.74) is 1.98. The maximum Gasteiger partial charge on any atom is 0.228 e. The molecule has 0 spiro atoms. The van der Waals surface area contributed by atoms with Gasteiger partial charge >= 0.3 is 0 Å². The van der Waals surface area contributed by atoms with Crippen LogP contribution in [0.4, 0.5) is 5.69 Å². The number of anilines is 1. The van der Waals surface area contributed by atoms with Crippen molar-refractivity contribution in [3.05, 3.63) is 28.2 Å². The molecule has 1 aromatic carbocycles. The van der Waals surface area contributed by atoms with Crippen LogP contribution < -0.4 is 10.6 Å². The molecule has 0 bridgehead atoms. The quantitative estimate of drug-likeness (QED) is 0.892. The third-order valence-electron chi connectivity index (χ3n) is 2.34. The number of halogens is 1. The minimum absolute atomic E-state index is 0.0268. The van der Waals surface area contributed by atoms with Gasteiger partial charge in [-0.05, 0) is 47.6 Å². The third kappa shape index (κ3) is 3.61. The highest BCUT2D eigenvalue weighted by molar-refractivity contribution is 9.10. The van der Waals surface area contributed by atoms with E-state index in [1.807, 2.05) is 39.1 Å². The van der Waals surface area contributed by atoms with Crippen molar-refractivity contribution >= 4 is 27.5 Å². The van der Waals surface area contributed by atoms with E-state index in [0.717, 1.165) is 15.7 Å². The molecule has 3 nitrogen and oxygen atoms in total. The summed E-state index contributed by atoms with van der Waals surface area (Å²) < 4.78 is 0.914. The SMILES string of the molecule is CNCC(C)C(=O)Nc1ccc(C)cc1Br. The number of aryl methyl sites for hydroxylation is 1. The van der Waals surface area contributed by atoms with Gasteiger partial charge in [-0.15, -0.1) is 0 Å². The first kappa shape index (κ1) is 13.2. The molecule has 0 aliphatic carbocycles. The Bertz CT molecular complexity index is 379. The molecule has 1 aromatic rings. The lowest BCUT2D eigenvalue weighted by Gasteiger charge is -2.13. The molecule has 0 fully saturated rings. The fourth-order valence-corrected chi connectivity index (χ4v) is 1.97. The van der Waals surface area contributed by atoms with Crippen LogP contribution in [0.5, 0.6) is 0 Å². The monoisotopic (exact) mass is 284 g/mol. The second-order valence-corrected chi connectivity index (χ2v) is 4.79. The highest BCUT2D eigenvalue weighted by Gasteiger charge is 2.12. The van der Waals surface area contributed by atoms with Crippen molar-refractivity contribution < 1.29 is 4.79 Å². The van der Waals surface area contributed by atoms with Gasteiger partial charge in [0.25, 0.3) is 0 Å². The summed E-state index contributed by atoms with van der Waals surface area (Å²) in [5.74, 6) is -0.0166. The lowest BCUT2D eigenvalue weighted by Crippen LogP contribution is -2.28. The normalized spacial score (nSPS) is 12.2. The van der Waals surface area contributed by atoms with E-state index >= 15 is 0 Å². The zero-order valence-electron chi connectivity index (χ0n) is 9.80. The topological polar surface area (TPSA) is 41.1 Å². The summed E-state index contributed by atoms with van der Waals surface area (Å²) in [4.78, 5) is 11.8. The zero-order valence-corrected chi connectivity index (χ0v) is 11.4. The second kappa shape index (κ2) is 6.01. The molecule has 1 atom stereocenters. The predicted molar refractivity (Wildman–Crippen MR) is 70.6 cm³/mol. The van der Waals surface area contributed by atoms with E-state index in [4.69, 9.17) is 0 Å². The molecule has 0 heterocycles. The summed E-state index contributed by atoms with van der Waals surface area (Å²) in [5, 5.41) is 5.88. The van der Waals surface area contributed by atoms with E-state index in [1.165, 1.54) is 0 Å². The predicted octanol–water partition coefficient (Wildman–Crippen LogP) is 2.55. The Morgan fingerprint density at radius 2 is 2.19 bits per heavy atom. The van der Waals surface area contributed by atoms with Crippen LogP contribution in [0.2, 0.25) is 0 Å². The van der Waals surface area contributed by atoms with Gasteiger partial charge in [-0.1, -0.05) is 13.0 Å². The first-order valence-corrected chi connectivity index (χ1v) is 6.05. The Labute approximate surface area is 105 Å². The summed E-state index contributed by atoms with van der Waals surface area (Å²) in [6.45, 7) is 4.59. The largest absolute Gasteiger partial charge is 0.325 e. The highest BCUT2D eigenvalue weighted by atomic mass is 79.9. The van der Waals surface area contributed by atoms with Gasteiger partial charge in [-0.2, -0.15) is 0 Å². The van der Waals surface area contributed by atoms with Gasteiger partial charge in [0.05, 0.1) is 5.69 Å². The number of rotatable bonds is 4. The van der Waals surface area contributed by atoms with Crippen molar-refractivity contribution in [1.82, 2.24) is 5.32 Å². The van der Waals surface area contributed by atoms with Crippen LogP contribution >= 0.6 is 15.9 Å². The van der Waals surface area contributed by atoms with Crippen LogP contribution in [0.1, 0.15) is 12.5 Å². The Morgan fingerprint density at radius 1 is 1.50 bits per heavy atom. The van der Waals surface area contributed by atoms with E-state index in [1.54, 1.807) is 0 Å². The second-order valence-electron chi connectivity index (χ2n) is 3.93. The maximum atomic E-state index is 11.8. The number of hydrogen-bond acceptors (Lipinski definition) is 2. The summed E-state index contributed by atoms with van der Waals surface area (Å²) >= 11 is 3.43. The molecule has 0 aliphatic rings. The summed E-state index contributed by atoms with van der Waals surface area (Å²) in [6, 6.07) is 5.87. The molecule has 1 amide bonds. The van der Waals surface area contributed by atoms with Crippen LogP contribution in [-0.4, -0.2) is 19.5 Å². The smallest absolute Gasteiger partial charge is 0.228 e. The molecule has 0 radical (unpaired) electrons. The van der Waals surface area contributed by atoms with Crippen molar-refractivity contribution in [2.24, 2.45) is 5.92 Å². The highest BCUT2D eigenvalue weighted by Crippen LogP contribution is 2.23. The number of benzene rings is 1. The van der Waals surface area contributed by atoms with E-state index in [9.17, 15) is 4.79 Å². The van der Waals surface area contributed by atoms with E-state index in [-0.39, 0.29) is 11.8 Å². The first-order chi connectivity index (χ1) is 7.54. The summed E-state index contributed by atoms with van der Waals surface area (Å²) in [6.07, 6.45) is 0. The Morgan fingerprint density at radius 3 is 2.75 bits per heavy atom. The van der Waals surface area contributed by atoms with Crippen LogP contribution in [0.3, 0.4) is 0 Å². The molecular formula is C12H17BrN2O. The van der Waals surface area contributed by atoms with Gasteiger partial charge in [0.15, 0.2) is 0 Å². The average molecular weight is 285 g/mol. The summed E-state index contributed by atoms with van der Waals surface area (Å²) in [7, 11) is 1.84. The minimum Gasteiger partial charge on any atom is -0.325 e. The van der Waals surface area contributed by atoms with Gasteiger partial charge in [-0.25, -0.2) is 0 Å². The molecule has 0 saturated heterocycles. The Balaban J connectivity index is 2.69. The van der Waals surface area contributed by atoms with Crippen LogP contribution in [0.25, 0.3) is 0 Å². The Kier molecular flexibility index (Phi) is 4.96. The number of carbonyl (C=O) groups excluding carboxylic acids is 1. The average Bonchev–Trinajstić information content (AvgIpc) is 2.22. The van der Waals surface area contributed by atoms with Crippen molar-refractivity contribution in [2.45, 2.75) is 13.8 Å². The van der Waals surface area contributed by atoms with Gasteiger partial charge in [0.1, 0.15) is 0 Å². The van der Waals surface area contributed by atoms with Crippen LogP contribution in [0, 0.1) is 12.8 Å². The third-order valence-corrected chi connectivity index (χ3v) is 3.00. The molecule has 0 aliphatic heterocycles. The zero-order chi connectivity index (χ0) is 12.1. The van der Waals surface area contributed by atoms with Crippen LogP contribution in [-0.2, 0) is 4.79 Å². The van der Waals surface area contributed by atoms with Crippen molar-refractivity contribution in [1.29, 1.82) is 0 Å². The van der Waals surface area contributed by atoms with Crippen LogP contribution in [0.15, 0.2) is 22.7 Å². The fourth-order valence-electron chi connectivity index (χ4n) is 1.38. The standard InChI is InChI=1S/C12H17BrN2O/c1-8-4-5-11(10(13)6-8)15-12(16)9(2)7-14-3/h4-6,9,14H,7H2,1-3H3,(H,15,16). The molecule has 16 heavy (non-hydrogen) atoms. The first-order valence-electron chi connectivity index (χ1n) is 5.26. The van der Waals surface area contributed by atoms with Gasteiger partial charge < -0.3 is 10.6 Å². The van der Waals surface area contributed by atoms with Crippen molar-refractivity contribution in [3.8, 4) is 0 Å². The molecule has 4 heteroatoms. The van der Waals surface area contributed by atoms with Gasteiger partial charge in [-0.3, -0.25) is 4.79 Å². The molecule has 88 valence electrons. The molecule has 1 unspecified atom stereocenters. The Hall–Kier alpha value is -0.870. The molecular weight excluding hydrogens is 268 g/mol. The lowest BCUT2D eigenvalue weighted by atomic mass is 10.1. The molecule has 0 saturated carbocycles. The van der Waals surface area contributed by atoms with Gasteiger partial charge in [0.2, 0.25) is 5.91 Å². The number of carbonyl (C=O) groups is 1. The maximum absolute atomic E-state index is 11.8. The number of nitrogens with one attached hydrogen (secondary N) is 2. The molecule has 0 aromatic heterocycles. The van der Waals surface area contributed by atoms with E-state index < -0.39 is 0 Å². The van der Waals surface area contributed by atoms with E-state index in [2.05, 4.69) is 26.6 Å². The van der Waals surface area contributed by atoms with Crippen molar-refractivity contribution in [3.63, 3.8) is 0 Å². The molecule has 1 rings (SSSR count). The van der Waals surface area contributed by atoms with Gasteiger partial charge in [0, 0.05) is 16.9 Å². The fraction of sp³-hybridized carbons (Fsp3) is 0.417. The number of amides is 1. The minimum atomic E-state index is -0.0433. The lowest BCUT2D eigenvalue weighted by molar-refractivity contribution is -0.119.